The molecule has 2 rings (SSSR count). The van der Waals surface area contributed by atoms with Crippen LogP contribution in [0.4, 0.5) is 0 Å². The molecule has 1 saturated heterocycles. The van der Waals surface area contributed by atoms with E-state index in [2.05, 4.69) is 11.4 Å². The first-order valence-electron chi connectivity index (χ1n) is 6.76. The third kappa shape index (κ3) is 3.57. The monoisotopic (exact) mass is 247 g/mol. The maximum atomic E-state index is 11.7. The Labute approximate surface area is 109 Å². The number of benzene rings is 1. The van der Waals surface area contributed by atoms with Crippen LogP contribution in [0.5, 0.6) is 0 Å². The van der Waals surface area contributed by atoms with E-state index >= 15 is 0 Å². The van der Waals surface area contributed by atoms with Gasteiger partial charge >= 0.3 is 5.97 Å². The molecule has 0 radical (unpaired) electrons. The van der Waals surface area contributed by atoms with Crippen molar-refractivity contribution >= 4 is 5.97 Å². The third-order valence-electron chi connectivity index (χ3n) is 3.36. The summed E-state index contributed by atoms with van der Waals surface area (Å²) in [4.78, 5) is 11.7. The normalized spacial score (nSPS) is 19.5. The molecule has 18 heavy (non-hydrogen) atoms. The summed E-state index contributed by atoms with van der Waals surface area (Å²) in [7, 11) is 0. The number of hydrogen-bond donors (Lipinski definition) is 1. The number of piperidine rings is 1. The minimum Gasteiger partial charge on any atom is -0.462 e. The highest BCUT2D eigenvalue weighted by atomic mass is 16.5. The van der Waals surface area contributed by atoms with Gasteiger partial charge < -0.3 is 10.1 Å². The molecular weight excluding hydrogens is 226 g/mol. The van der Waals surface area contributed by atoms with Crippen molar-refractivity contribution in [2.75, 3.05) is 19.7 Å². The van der Waals surface area contributed by atoms with Crippen molar-refractivity contribution in [3.05, 3.63) is 35.4 Å². The number of carbonyl (C=O) groups excluding carboxylic acids is 1. The summed E-state index contributed by atoms with van der Waals surface area (Å²) >= 11 is 0. The van der Waals surface area contributed by atoms with Gasteiger partial charge in [0.15, 0.2) is 0 Å². The third-order valence-corrected chi connectivity index (χ3v) is 3.36. The van der Waals surface area contributed by atoms with E-state index < -0.39 is 0 Å². The summed E-state index contributed by atoms with van der Waals surface area (Å²) in [6.07, 6.45) is 3.57. The summed E-state index contributed by atoms with van der Waals surface area (Å²) in [6, 6.07) is 7.82. The Morgan fingerprint density at radius 2 is 2.39 bits per heavy atom. The lowest BCUT2D eigenvalue weighted by Crippen LogP contribution is -2.30. The van der Waals surface area contributed by atoms with Gasteiger partial charge in [0, 0.05) is 0 Å². The molecule has 0 spiro atoms. The van der Waals surface area contributed by atoms with E-state index in [1.165, 1.54) is 18.4 Å². The van der Waals surface area contributed by atoms with Gasteiger partial charge in [0.25, 0.3) is 0 Å². The zero-order valence-corrected chi connectivity index (χ0v) is 10.9. The Balaban J connectivity index is 2.00. The Morgan fingerprint density at radius 3 is 3.11 bits per heavy atom. The highest BCUT2D eigenvalue weighted by Crippen LogP contribution is 2.17. The van der Waals surface area contributed by atoms with Gasteiger partial charge in [0.2, 0.25) is 0 Å². The molecule has 0 saturated carbocycles. The highest BCUT2D eigenvalue weighted by Gasteiger charge is 2.14. The second kappa shape index (κ2) is 6.55. The van der Waals surface area contributed by atoms with Crippen molar-refractivity contribution in [1.82, 2.24) is 5.32 Å². The summed E-state index contributed by atoms with van der Waals surface area (Å²) in [6.45, 7) is 4.48. The lowest BCUT2D eigenvalue weighted by Gasteiger charge is -2.22. The predicted octanol–water partition coefficient (Wildman–Crippen LogP) is 2.41. The number of rotatable bonds is 4. The molecule has 1 unspecified atom stereocenters. The van der Waals surface area contributed by atoms with Crippen LogP contribution in [0.25, 0.3) is 0 Å². The average molecular weight is 247 g/mol. The van der Waals surface area contributed by atoms with Crippen LogP contribution in [0.15, 0.2) is 24.3 Å². The average Bonchev–Trinajstić information content (AvgIpc) is 2.40. The van der Waals surface area contributed by atoms with Gasteiger partial charge in [-0.3, -0.25) is 0 Å². The molecule has 1 aliphatic rings. The molecule has 1 aliphatic heterocycles. The van der Waals surface area contributed by atoms with E-state index in [0.29, 0.717) is 18.1 Å². The zero-order valence-electron chi connectivity index (χ0n) is 10.9. The van der Waals surface area contributed by atoms with Crippen LogP contribution in [0, 0.1) is 5.92 Å². The molecule has 0 aromatic heterocycles. The maximum Gasteiger partial charge on any atom is 0.338 e. The number of ether oxygens (including phenoxy) is 1. The Hall–Kier alpha value is -1.35. The van der Waals surface area contributed by atoms with Crippen LogP contribution in [-0.4, -0.2) is 25.7 Å². The number of nitrogens with one attached hydrogen (secondary N) is 1. The van der Waals surface area contributed by atoms with E-state index in [4.69, 9.17) is 4.74 Å². The van der Waals surface area contributed by atoms with E-state index in [0.717, 1.165) is 19.5 Å². The van der Waals surface area contributed by atoms with Gasteiger partial charge in [-0.25, -0.2) is 4.79 Å². The molecule has 0 aliphatic carbocycles. The van der Waals surface area contributed by atoms with Crippen molar-refractivity contribution < 1.29 is 9.53 Å². The van der Waals surface area contributed by atoms with Gasteiger partial charge in [-0.05, 0) is 62.9 Å². The smallest absolute Gasteiger partial charge is 0.338 e. The zero-order chi connectivity index (χ0) is 12.8. The van der Waals surface area contributed by atoms with Crippen LogP contribution in [-0.2, 0) is 11.2 Å². The van der Waals surface area contributed by atoms with E-state index in [9.17, 15) is 4.79 Å². The first-order valence-corrected chi connectivity index (χ1v) is 6.76. The van der Waals surface area contributed by atoms with Gasteiger partial charge in [-0.1, -0.05) is 12.1 Å². The van der Waals surface area contributed by atoms with E-state index in [1.807, 2.05) is 25.1 Å². The highest BCUT2D eigenvalue weighted by molar-refractivity contribution is 5.89. The van der Waals surface area contributed by atoms with Crippen LogP contribution in [0.1, 0.15) is 35.7 Å². The van der Waals surface area contributed by atoms with Crippen LogP contribution >= 0.6 is 0 Å². The largest absolute Gasteiger partial charge is 0.462 e. The van der Waals surface area contributed by atoms with Crippen LogP contribution < -0.4 is 5.32 Å². The Kier molecular flexibility index (Phi) is 4.76. The summed E-state index contributed by atoms with van der Waals surface area (Å²) in [5.41, 5.74) is 1.90. The fraction of sp³-hybridized carbons (Fsp3) is 0.533. The molecule has 98 valence electrons. The molecule has 1 aromatic rings. The van der Waals surface area contributed by atoms with Gasteiger partial charge in [-0.2, -0.15) is 0 Å². The van der Waals surface area contributed by atoms with E-state index in [-0.39, 0.29) is 5.97 Å². The van der Waals surface area contributed by atoms with Gasteiger partial charge in [0.05, 0.1) is 12.2 Å². The van der Waals surface area contributed by atoms with Gasteiger partial charge in [0.1, 0.15) is 0 Å². The molecule has 0 bridgehead atoms. The van der Waals surface area contributed by atoms with Crippen LogP contribution in [0.2, 0.25) is 0 Å². The quantitative estimate of drug-likeness (QED) is 0.830. The first-order chi connectivity index (χ1) is 8.79. The summed E-state index contributed by atoms with van der Waals surface area (Å²) in [5, 5.41) is 3.42. The molecule has 0 amide bonds. The minimum absolute atomic E-state index is 0.221. The topological polar surface area (TPSA) is 38.3 Å². The minimum atomic E-state index is -0.221. The molecule has 1 aromatic carbocycles. The lowest BCUT2D eigenvalue weighted by atomic mass is 9.92. The SMILES string of the molecule is CCOC(=O)c1cccc(CC2CCCNC2)c1. The maximum absolute atomic E-state index is 11.7. The molecule has 1 fully saturated rings. The number of esters is 1. The standard InChI is InChI=1S/C15H21NO2/c1-2-18-15(17)14-7-3-5-12(10-14)9-13-6-4-8-16-11-13/h3,5,7,10,13,16H,2,4,6,8-9,11H2,1H3. The summed E-state index contributed by atoms with van der Waals surface area (Å²) < 4.78 is 5.02. The number of carbonyl (C=O) groups is 1. The van der Waals surface area contributed by atoms with Crippen LogP contribution in [0.3, 0.4) is 0 Å². The number of hydrogen-bond acceptors (Lipinski definition) is 3. The second-order valence-electron chi connectivity index (χ2n) is 4.84. The van der Waals surface area contributed by atoms with Crippen molar-refractivity contribution in [1.29, 1.82) is 0 Å². The molecular formula is C15H21NO2. The Morgan fingerprint density at radius 1 is 1.50 bits per heavy atom. The summed E-state index contributed by atoms with van der Waals surface area (Å²) in [5.74, 6) is 0.470. The molecule has 1 atom stereocenters. The molecule has 1 N–H and O–H groups in total. The predicted molar refractivity (Wildman–Crippen MR) is 71.7 cm³/mol. The van der Waals surface area contributed by atoms with E-state index in [1.54, 1.807) is 0 Å². The van der Waals surface area contributed by atoms with Crippen molar-refractivity contribution in [3.63, 3.8) is 0 Å². The van der Waals surface area contributed by atoms with Crippen molar-refractivity contribution in [2.24, 2.45) is 5.92 Å². The Bertz CT molecular complexity index is 397. The molecule has 1 heterocycles. The van der Waals surface area contributed by atoms with Gasteiger partial charge in [-0.15, -0.1) is 0 Å². The first kappa shape index (κ1) is 13.1. The second-order valence-corrected chi connectivity index (χ2v) is 4.84. The lowest BCUT2D eigenvalue weighted by molar-refractivity contribution is 0.0526. The fourth-order valence-corrected chi connectivity index (χ4v) is 2.47. The molecule has 3 heteroatoms. The van der Waals surface area contributed by atoms with Crippen molar-refractivity contribution in [3.8, 4) is 0 Å². The fourth-order valence-electron chi connectivity index (χ4n) is 2.47. The van der Waals surface area contributed by atoms with Crippen molar-refractivity contribution in [2.45, 2.75) is 26.2 Å². The molecule has 3 nitrogen and oxygen atoms in total.